The van der Waals surface area contributed by atoms with Crippen molar-refractivity contribution in [3.63, 3.8) is 0 Å². The Morgan fingerprint density at radius 2 is 2.00 bits per heavy atom. The zero-order chi connectivity index (χ0) is 12.7. The topological polar surface area (TPSA) is 58.6 Å². The van der Waals surface area contributed by atoms with Gasteiger partial charge in [-0.3, -0.25) is 4.79 Å². The Hall–Kier alpha value is -1.55. The van der Waals surface area contributed by atoms with Gasteiger partial charge in [-0.05, 0) is 19.1 Å². The van der Waals surface area contributed by atoms with Crippen molar-refractivity contribution >= 4 is 5.97 Å². The molecule has 0 aliphatic heterocycles. The molecule has 94 valence electrons. The van der Waals surface area contributed by atoms with Crippen molar-refractivity contribution in [2.24, 2.45) is 5.92 Å². The lowest BCUT2D eigenvalue weighted by molar-refractivity contribution is -0.141. The van der Waals surface area contributed by atoms with E-state index in [1.807, 2.05) is 37.3 Å². The monoisotopic (exact) mass is 237 g/mol. The summed E-state index contributed by atoms with van der Waals surface area (Å²) >= 11 is 0. The normalized spacial score (nSPS) is 14.0. The molecule has 1 aromatic carbocycles. The fourth-order valence-electron chi connectivity index (χ4n) is 1.36. The molecule has 0 aliphatic carbocycles. The Bertz CT molecular complexity index is 340. The van der Waals surface area contributed by atoms with E-state index < -0.39 is 11.9 Å². The highest BCUT2D eigenvalue weighted by molar-refractivity contribution is 5.70. The average molecular weight is 237 g/mol. The molecular formula is C13H19NO3. The second-order valence-corrected chi connectivity index (χ2v) is 4.03. The van der Waals surface area contributed by atoms with Crippen LogP contribution in [0.25, 0.3) is 0 Å². The molecular weight excluding hydrogens is 218 g/mol. The van der Waals surface area contributed by atoms with Gasteiger partial charge < -0.3 is 15.2 Å². The summed E-state index contributed by atoms with van der Waals surface area (Å²) in [6.45, 7) is 4.72. The minimum atomic E-state index is -0.783. The van der Waals surface area contributed by atoms with Gasteiger partial charge in [0.15, 0.2) is 0 Å². The molecule has 0 radical (unpaired) electrons. The number of hydrogen-bond donors (Lipinski definition) is 2. The van der Waals surface area contributed by atoms with Crippen LogP contribution in [0.4, 0.5) is 0 Å². The number of para-hydroxylation sites is 1. The van der Waals surface area contributed by atoms with Crippen molar-refractivity contribution in [3.05, 3.63) is 30.3 Å². The Balaban J connectivity index is 2.18. The maximum absolute atomic E-state index is 10.7. The molecule has 0 heterocycles. The van der Waals surface area contributed by atoms with Crippen molar-refractivity contribution in [1.29, 1.82) is 0 Å². The molecule has 0 aliphatic rings. The van der Waals surface area contributed by atoms with Gasteiger partial charge in [0.25, 0.3) is 0 Å². The number of ether oxygens (including phenoxy) is 1. The standard InChI is InChI=1S/C13H19NO3/c1-10(13(15)16)11(2)14-8-9-17-12-6-4-3-5-7-12/h3-7,10-11,14H,8-9H2,1-2H3,(H,15,16). The van der Waals surface area contributed by atoms with Gasteiger partial charge in [-0.15, -0.1) is 0 Å². The van der Waals surface area contributed by atoms with Crippen molar-refractivity contribution in [2.75, 3.05) is 13.2 Å². The first kappa shape index (κ1) is 13.5. The second kappa shape index (κ2) is 6.91. The summed E-state index contributed by atoms with van der Waals surface area (Å²) in [5, 5.41) is 11.9. The molecule has 0 bridgehead atoms. The number of benzene rings is 1. The van der Waals surface area contributed by atoms with Crippen LogP contribution in [0.15, 0.2) is 30.3 Å². The minimum Gasteiger partial charge on any atom is -0.492 e. The van der Waals surface area contributed by atoms with Crippen LogP contribution in [0.3, 0.4) is 0 Å². The minimum absolute atomic E-state index is 0.0631. The predicted molar refractivity (Wildman–Crippen MR) is 66.2 cm³/mol. The Labute approximate surface area is 102 Å². The van der Waals surface area contributed by atoms with E-state index in [2.05, 4.69) is 5.32 Å². The molecule has 4 heteroatoms. The van der Waals surface area contributed by atoms with Crippen LogP contribution < -0.4 is 10.1 Å². The highest BCUT2D eigenvalue weighted by Gasteiger charge is 2.18. The van der Waals surface area contributed by atoms with Gasteiger partial charge >= 0.3 is 5.97 Å². The summed E-state index contributed by atoms with van der Waals surface area (Å²) in [6, 6.07) is 9.48. The van der Waals surface area contributed by atoms with Gasteiger partial charge in [0.05, 0.1) is 5.92 Å². The smallest absolute Gasteiger partial charge is 0.307 e. The van der Waals surface area contributed by atoms with Crippen molar-refractivity contribution in [2.45, 2.75) is 19.9 Å². The third-order valence-corrected chi connectivity index (χ3v) is 2.72. The zero-order valence-corrected chi connectivity index (χ0v) is 10.2. The SMILES string of the molecule is CC(NCCOc1ccccc1)C(C)C(=O)O. The number of carbonyl (C=O) groups is 1. The third-order valence-electron chi connectivity index (χ3n) is 2.72. The Kier molecular flexibility index (Phi) is 5.49. The van der Waals surface area contributed by atoms with Gasteiger partial charge in [-0.25, -0.2) is 0 Å². The molecule has 17 heavy (non-hydrogen) atoms. The van der Waals surface area contributed by atoms with Crippen LogP contribution in [0.2, 0.25) is 0 Å². The molecule has 2 atom stereocenters. The molecule has 2 N–H and O–H groups in total. The molecule has 0 spiro atoms. The largest absolute Gasteiger partial charge is 0.492 e. The lowest BCUT2D eigenvalue weighted by Gasteiger charge is -2.17. The highest BCUT2D eigenvalue weighted by Crippen LogP contribution is 2.07. The predicted octanol–water partition coefficient (Wildman–Crippen LogP) is 1.76. The molecule has 2 unspecified atom stereocenters. The van der Waals surface area contributed by atoms with Crippen LogP contribution in [-0.4, -0.2) is 30.3 Å². The highest BCUT2D eigenvalue weighted by atomic mass is 16.5. The number of rotatable bonds is 7. The van der Waals surface area contributed by atoms with Crippen LogP contribution >= 0.6 is 0 Å². The molecule has 0 fully saturated rings. The first-order valence-electron chi connectivity index (χ1n) is 5.75. The number of carboxylic acid groups (broad SMARTS) is 1. The van der Waals surface area contributed by atoms with Gasteiger partial charge in [0, 0.05) is 12.6 Å². The first-order valence-corrected chi connectivity index (χ1v) is 5.75. The van der Waals surface area contributed by atoms with Crippen molar-refractivity contribution in [3.8, 4) is 5.75 Å². The summed E-state index contributed by atoms with van der Waals surface area (Å²) in [5.41, 5.74) is 0. The summed E-state index contributed by atoms with van der Waals surface area (Å²) in [6.07, 6.45) is 0. The third kappa shape index (κ3) is 4.87. The van der Waals surface area contributed by atoms with Crippen LogP contribution in [0.1, 0.15) is 13.8 Å². The fourth-order valence-corrected chi connectivity index (χ4v) is 1.36. The van der Waals surface area contributed by atoms with E-state index in [0.717, 1.165) is 5.75 Å². The van der Waals surface area contributed by atoms with Gasteiger partial charge in [0.2, 0.25) is 0 Å². The number of nitrogens with one attached hydrogen (secondary N) is 1. The quantitative estimate of drug-likeness (QED) is 0.709. The lowest BCUT2D eigenvalue weighted by atomic mass is 10.0. The molecule has 0 saturated heterocycles. The Morgan fingerprint density at radius 1 is 1.35 bits per heavy atom. The van der Waals surface area contributed by atoms with E-state index >= 15 is 0 Å². The number of hydrogen-bond acceptors (Lipinski definition) is 3. The molecule has 4 nitrogen and oxygen atoms in total. The average Bonchev–Trinajstić information content (AvgIpc) is 2.34. The van der Waals surface area contributed by atoms with Crippen LogP contribution in [0.5, 0.6) is 5.75 Å². The van der Waals surface area contributed by atoms with Gasteiger partial charge in [0.1, 0.15) is 12.4 Å². The molecule has 1 rings (SSSR count). The van der Waals surface area contributed by atoms with Crippen molar-refractivity contribution in [1.82, 2.24) is 5.32 Å². The summed E-state index contributed by atoms with van der Waals surface area (Å²) in [7, 11) is 0. The van der Waals surface area contributed by atoms with Crippen LogP contribution in [0, 0.1) is 5.92 Å². The molecule has 0 aromatic heterocycles. The zero-order valence-electron chi connectivity index (χ0n) is 10.2. The van der Waals surface area contributed by atoms with Crippen LogP contribution in [-0.2, 0) is 4.79 Å². The molecule has 0 saturated carbocycles. The summed E-state index contributed by atoms with van der Waals surface area (Å²) in [4.78, 5) is 10.7. The van der Waals surface area contributed by atoms with E-state index in [1.165, 1.54) is 0 Å². The molecule has 1 aromatic rings. The maximum Gasteiger partial charge on any atom is 0.307 e. The van der Waals surface area contributed by atoms with E-state index in [0.29, 0.717) is 13.2 Å². The van der Waals surface area contributed by atoms with E-state index in [1.54, 1.807) is 6.92 Å². The number of carboxylic acids is 1. The van der Waals surface area contributed by atoms with E-state index in [9.17, 15) is 4.79 Å². The fraction of sp³-hybridized carbons (Fsp3) is 0.462. The van der Waals surface area contributed by atoms with Gasteiger partial charge in [-0.2, -0.15) is 0 Å². The second-order valence-electron chi connectivity index (χ2n) is 4.03. The Morgan fingerprint density at radius 3 is 2.59 bits per heavy atom. The maximum atomic E-state index is 10.7. The summed E-state index contributed by atoms with van der Waals surface area (Å²) < 4.78 is 5.49. The van der Waals surface area contributed by atoms with Gasteiger partial charge in [-0.1, -0.05) is 25.1 Å². The molecule has 0 amide bonds. The first-order chi connectivity index (χ1) is 8.11. The lowest BCUT2D eigenvalue weighted by Crippen LogP contribution is -2.38. The van der Waals surface area contributed by atoms with E-state index in [4.69, 9.17) is 9.84 Å². The van der Waals surface area contributed by atoms with Crippen molar-refractivity contribution < 1.29 is 14.6 Å². The van der Waals surface area contributed by atoms with E-state index in [-0.39, 0.29) is 6.04 Å². The summed E-state index contributed by atoms with van der Waals surface area (Å²) in [5.74, 6) is -0.353. The number of aliphatic carboxylic acids is 1.